The lowest BCUT2D eigenvalue weighted by molar-refractivity contribution is 0.601. The third kappa shape index (κ3) is 3.27. The third-order valence-electron chi connectivity index (χ3n) is 3.56. The van der Waals surface area contributed by atoms with E-state index in [2.05, 4.69) is 9.82 Å². The number of para-hydroxylation sites is 1. The molecule has 1 heterocycles. The van der Waals surface area contributed by atoms with Gasteiger partial charge in [0.15, 0.2) is 0 Å². The molecule has 0 spiro atoms. The zero-order valence-electron chi connectivity index (χ0n) is 12.7. The smallest absolute Gasteiger partial charge is 0.261 e. The lowest BCUT2D eigenvalue weighted by atomic mass is 10.1. The Morgan fingerprint density at radius 2 is 1.78 bits per heavy atom. The molecule has 0 amide bonds. The number of nitrogens with one attached hydrogen (secondary N) is 1. The van der Waals surface area contributed by atoms with Crippen LogP contribution in [0.25, 0.3) is 5.69 Å². The summed E-state index contributed by atoms with van der Waals surface area (Å²) in [5.74, 6) is 0. The van der Waals surface area contributed by atoms with Gasteiger partial charge in [-0.2, -0.15) is 5.10 Å². The Hall–Kier alpha value is -2.60. The van der Waals surface area contributed by atoms with Crippen molar-refractivity contribution < 1.29 is 8.42 Å². The molecule has 0 saturated carbocycles. The molecule has 1 aromatic heterocycles. The van der Waals surface area contributed by atoms with Crippen molar-refractivity contribution in [3.05, 3.63) is 72.6 Å². The number of aromatic nitrogens is 2. The molecule has 0 unspecified atom stereocenters. The number of nitrogens with zero attached hydrogens (tertiary/aromatic N) is 2. The second kappa shape index (κ2) is 6.26. The molecule has 0 aliphatic carbocycles. The highest BCUT2D eigenvalue weighted by Crippen LogP contribution is 2.21. The summed E-state index contributed by atoms with van der Waals surface area (Å²) in [6, 6.07) is 15.8. The van der Waals surface area contributed by atoms with Crippen molar-refractivity contribution in [2.75, 3.05) is 4.72 Å². The monoisotopic (exact) mass is 327 g/mol. The number of aryl methyl sites for hydroxylation is 1. The number of anilines is 1. The molecular formula is C17H17N3O2S. The molecule has 0 fully saturated rings. The first-order chi connectivity index (χ1) is 11.1. The molecule has 0 bridgehead atoms. The van der Waals surface area contributed by atoms with Gasteiger partial charge in [-0.25, -0.2) is 13.1 Å². The predicted molar refractivity (Wildman–Crippen MR) is 90.2 cm³/mol. The number of rotatable bonds is 5. The maximum absolute atomic E-state index is 12.5. The van der Waals surface area contributed by atoms with Crippen molar-refractivity contribution in [1.82, 2.24) is 9.78 Å². The van der Waals surface area contributed by atoms with E-state index in [1.54, 1.807) is 47.4 Å². The van der Waals surface area contributed by atoms with Crippen molar-refractivity contribution in [3.63, 3.8) is 0 Å². The summed E-state index contributed by atoms with van der Waals surface area (Å²) in [6.07, 6.45) is 4.24. The summed E-state index contributed by atoms with van der Waals surface area (Å²) in [5, 5.41) is 4.12. The van der Waals surface area contributed by atoms with Gasteiger partial charge in [0.2, 0.25) is 0 Å². The first-order valence-electron chi connectivity index (χ1n) is 7.31. The summed E-state index contributed by atoms with van der Waals surface area (Å²) < 4.78 is 29.4. The molecule has 3 aromatic rings. The highest BCUT2D eigenvalue weighted by atomic mass is 32.2. The molecule has 0 atom stereocenters. The SMILES string of the molecule is CCc1ccccc1NS(=O)(=O)c1ccc(-n2cccn2)cc1. The fourth-order valence-corrected chi connectivity index (χ4v) is 3.43. The first kappa shape index (κ1) is 15.3. The minimum Gasteiger partial charge on any atom is -0.279 e. The molecule has 0 aliphatic heterocycles. The van der Waals surface area contributed by atoms with Crippen molar-refractivity contribution in [2.45, 2.75) is 18.2 Å². The van der Waals surface area contributed by atoms with Gasteiger partial charge in [-0.05, 0) is 48.4 Å². The standard InChI is InChI=1S/C17H17N3O2S/c1-2-14-6-3-4-7-17(14)19-23(21,22)16-10-8-15(9-11-16)20-13-5-12-18-20/h3-13,19H,2H2,1H3. The van der Waals surface area contributed by atoms with E-state index in [1.165, 1.54) is 0 Å². The minimum absolute atomic E-state index is 0.222. The van der Waals surface area contributed by atoms with E-state index in [-0.39, 0.29) is 4.90 Å². The van der Waals surface area contributed by atoms with E-state index < -0.39 is 10.0 Å². The van der Waals surface area contributed by atoms with Crippen LogP contribution in [0.3, 0.4) is 0 Å². The molecule has 3 rings (SSSR count). The highest BCUT2D eigenvalue weighted by Gasteiger charge is 2.15. The van der Waals surface area contributed by atoms with Crippen LogP contribution in [0, 0.1) is 0 Å². The van der Waals surface area contributed by atoms with Gasteiger partial charge in [0.05, 0.1) is 16.3 Å². The largest absolute Gasteiger partial charge is 0.279 e. The van der Waals surface area contributed by atoms with Gasteiger partial charge in [0.1, 0.15) is 0 Å². The van der Waals surface area contributed by atoms with Gasteiger partial charge in [-0.1, -0.05) is 25.1 Å². The lowest BCUT2D eigenvalue weighted by Gasteiger charge is -2.12. The van der Waals surface area contributed by atoms with Crippen LogP contribution in [0.1, 0.15) is 12.5 Å². The summed E-state index contributed by atoms with van der Waals surface area (Å²) in [6.45, 7) is 1.99. The fraction of sp³-hybridized carbons (Fsp3) is 0.118. The van der Waals surface area contributed by atoms with E-state index in [9.17, 15) is 8.42 Å². The summed E-state index contributed by atoms with van der Waals surface area (Å²) in [7, 11) is -3.61. The Labute approximate surface area is 135 Å². The van der Waals surface area contributed by atoms with E-state index in [0.717, 1.165) is 17.7 Å². The maximum atomic E-state index is 12.5. The van der Waals surface area contributed by atoms with Crippen LogP contribution in [0.2, 0.25) is 0 Å². The molecule has 1 N–H and O–H groups in total. The van der Waals surface area contributed by atoms with Crippen LogP contribution >= 0.6 is 0 Å². The molecule has 5 nitrogen and oxygen atoms in total. The van der Waals surface area contributed by atoms with Gasteiger partial charge < -0.3 is 0 Å². The third-order valence-corrected chi connectivity index (χ3v) is 4.94. The molecule has 118 valence electrons. The predicted octanol–water partition coefficient (Wildman–Crippen LogP) is 3.24. The number of benzene rings is 2. The van der Waals surface area contributed by atoms with Gasteiger partial charge in [-0.3, -0.25) is 4.72 Å². The molecule has 0 saturated heterocycles. The van der Waals surface area contributed by atoms with Gasteiger partial charge in [-0.15, -0.1) is 0 Å². The zero-order chi connectivity index (χ0) is 16.3. The van der Waals surface area contributed by atoms with Crippen LogP contribution < -0.4 is 4.72 Å². The Morgan fingerprint density at radius 1 is 1.04 bits per heavy atom. The Morgan fingerprint density at radius 3 is 2.43 bits per heavy atom. The minimum atomic E-state index is -3.61. The van der Waals surface area contributed by atoms with Crippen LogP contribution in [-0.2, 0) is 16.4 Å². The summed E-state index contributed by atoms with van der Waals surface area (Å²) >= 11 is 0. The summed E-state index contributed by atoms with van der Waals surface area (Å²) in [5.41, 5.74) is 2.39. The normalized spacial score (nSPS) is 11.3. The second-order valence-electron chi connectivity index (χ2n) is 5.06. The number of sulfonamides is 1. The molecule has 2 aromatic carbocycles. The Kier molecular flexibility index (Phi) is 4.16. The molecular weight excluding hydrogens is 310 g/mol. The number of hydrogen-bond donors (Lipinski definition) is 1. The fourth-order valence-electron chi connectivity index (χ4n) is 2.33. The first-order valence-corrected chi connectivity index (χ1v) is 8.79. The quantitative estimate of drug-likeness (QED) is 0.782. The molecule has 23 heavy (non-hydrogen) atoms. The van der Waals surface area contributed by atoms with E-state index >= 15 is 0 Å². The molecule has 0 aliphatic rings. The van der Waals surface area contributed by atoms with E-state index in [4.69, 9.17) is 0 Å². The molecule has 6 heteroatoms. The average molecular weight is 327 g/mol. The van der Waals surface area contributed by atoms with Crippen LogP contribution in [0.4, 0.5) is 5.69 Å². The lowest BCUT2D eigenvalue weighted by Crippen LogP contribution is -2.14. The van der Waals surface area contributed by atoms with Crippen LogP contribution in [-0.4, -0.2) is 18.2 Å². The van der Waals surface area contributed by atoms with Gasteiger partial charge >= 0.3 is 0 Å². The highest BCUT2D eigenvalue weighted by molar-refractivity contribution is 7.92. The topological polar surface area (TPSA) is 64.0 Å². The Bertz CT molecular complexity index is 886. The van der Waals surface area contributed by atoms with Crippen LogP contribution in [0.5, 0.6) is 0 Å². The van der Waals surface area contributed by atoms with Gasteiger partial charge in [0, 0.05) is 12.4 Å². The maximum Gasteiger partial charge on any atom is 0.261 e. The molecule has 0 radical (unpaired) electrons. The van der Waals surface area contributed by atoms with Crippen molar-refractivity contribution >= 4 is 15.7 Å². The average Bonchev–Trinajstić information content (AvgIpc) is 3.10. The van der Waals surface area contributed by atoms with E-state index in [1.807, 2.05) is 31.2 Å². The van der Waals surface area contributed by atoms with Crippen LogP contribution in [0.15, 0.2) is 71.9 Å². The Balaban J connectivity index is 1.88. The number of hydrogen-bond acceptors (Lipinski definition) is 3. The van der Waals surface area contributed by atoms with Crippen molar-refractivity contribution in [3.8, 4) is 5.69 Å². The van der Waals surface area contributed by atoms with E-state index in [0.29, 0.717) is 5.69 Å². The zero-order valence-corrected chi connectivity index (χ0v) is 13.5. The van der Waals surface area contributed by atoms with Gasteiger partial charge in [0.25, 0.3) is 10.0 Å². The van der Waals surface area contributed by atoms with Crippen molar-refractivity contribution in [1.29, 1.82) is 0 Å². The van der Waals surface area contributed by atoms with Crippen molar-refractivity contribution in [2.24, 2.45) is 0 Å². The second-order valence-corrected chi connectivity index (χ2v) is 6.74. The summed E-state index contributed by atoms with van der Waals surface area (Å²) in [4.78, 5) is 0.222.